The lowest BCUT2D eigenvalue weighted by atomic mass is 9.86. The maximum atomic E-state index is 14.0. The summed E-state index contributed by atoms with van der Waals surface area (Å²) < 4.78 is 50.5. The number of benzene rings is 3. The molecule has 0 unspecified atom stereocenters. The molecule has 10 heteroatoms. The number of anilines is 1. The van der Waals surface area contributed by atoms with Gasteiger partial charge < -0.3 is 24.3 Å². The van der Waals surface area contributed by atoms with E-state index in [9.17, 15) is 13.2 Å². The summed E-state index contributed by atoms with van der Waals surface area (Å²) in [6.07, 6.45) is 0. The van der Waals surface area contributed by atoms with Crippen molar-refractivity contribution in [1.82, 2.24) is 5.32 Å². The number of sulfonamides is 1. The van der Waals surface area contributed by atoms with Gasteiger partial charge in [-0.05, 0) is 47.7 Å². The fraction of sp³-hybridized carbons (Fsp3) is 0.367. The van der Waals surface area contributed by atoms with Crippen molar-refractivity contribution in [2.45, 2.75) is 44.0 Å². The van der Waals surface area contributed by atoms with Crippen LogP contribution in [0.3, 0.4) is 0 Å². The summed E-state index contributed by atoms with van der Waals surface area (Å²) in [6, 6.07) is 16.6. The first-order valence-corrected chi connectivity index (χ1v) is 14.2. The number of hydrogen-bond acceptors (Lipinski definition) is 7. The highest BCUT2D eigenvalue weighted by Gasteiger charge is 2.31. The Hall–Kier alpha value is -3.92. The molecule has 0 fully saturated rings. The minimum absolute atomic E-state index is 0.000188. The maximum Gasteiger partial charge on any atom is 0.265 e. The number of nitrogens with one attached hydrogen (secondary N) is 1. The second-order valence-electron chi connectivity index (χ2n) is 10.2. The Balaban J connectivity index is 2.00. The predicted molar refractivity (Wildman–Crippen MR) is 155 cm³/mol. The molecule has 0 saturated heterocycles. The molecule has 0 saturated carbocycles. The third-order valence-electron chi connectivity index (χ3n) is 6.54. The van der Waals surface area contributed by atoms with Crippen molar-refractivity contribution in [2.24, 2.45) is 0 Å². The van der Waals surface area contributed by atoms with E-state index < -0.39 is 22.5 Å². The molecule has 0 heterocycles. The minimum atomic E-state index is -4.29. The van der Waals surface area contributed by atoms with Crippen molar-refractivity contribution in [2.75, 3.05) is 39.3 Å². The van der Waals surface area contributed by atoms with E-state index in [0.717, 1.165) is 9.87 Å². The van der Waals surface area contributed by atoms with Gasteiger partial charge in [-0.15, -0.1) is 0 Å². The van der Waals surface area contributed by atoms with Crippen LogP contribution in [0.5, 0.6) is 23.0 Å². The van der Waals surface area contributed by atoms with Crippen LogP contribution in [-0.4, -0.2) is 49.3 Å². The first kappa shape index (κ1) is 30.6. The van der Waals surface area contributed by atoms with Gasteiger partial charge in [0.2, 0.25) is 5.91 Å². The summed E-state index contributed by atoms with van der Waals surface area (Å²) in [5.41, 5.74) is 2.22. The quantitative estimate of drug-likeness (QED) is 0.342. The molecule has 9 nitrogen and oxygen atoms in total. The molecule has 0 aliphatic heterocycles. The van der Waals surface area contributed by atoms with E-state index in [1.165, 1.54) is 58.3 Å². The van der Waals surface area contributed by atoms with Crippen LogP contribution < -0.4 is 28.6 Å². The Kier molecular flexibility index (Phi) is 9.57. The molecule has 0 bridgehead atoms. The van der Waals surface area contributed by atoms with Gasteiger partial charge in [0.05, 0.1) is 45.1 Å². The highest BCUT2D eigenvalue weighted by molar-refractivity contribution is 7.92. The van der Waals surface area contributed by atoms with E-state index in [0.29, 0.717) is 11.5 Å². The molecule has 3 aromatic carbocycles. The number of amides is 1. The lowest BCUT2D eigenvalue weighted by Gasteiger charge is -2.27. The number of ether oxygens (including phenoxy) is 4. The summed E-state index contributed by atoms with van der Waals surface area (Å²) in [7, 11) is 1.49. The average Bonchev–Trinajstić information content (AvgIpc) is 2.94. The second-order valence-corrected chi connectivity index (χ2v) is 12.1. The Morgan fingerprint density at radius 3 is 1.98 bits per heavy atom. The highest BCUT2D eigenvalue weighted by atomic mass is 32.2. The molecular formula is C30H38N2O7S. The fourth-order valence-electron chi connectivity index (χ4n) is 4.17. The second kappa shape index (κ2) is 12.5. The molecule has 3 rings (SSSR count). The number of rotatable bonds is 11. The zero-order chi connectivity index (χ0) is 29.7. The zero-order valence-corrected chi connectivity index (χ0v) is 25.1. The predicted octanol–water partition coefficient (Wildman–Crippen LogP) is 5.09. The van der Waals surface area contributed by atoms with E-state index in [4.69, 9.17) is 18.9 Å². The van der Waals surface area contributed by atoms with Gasteiger partial charge in [0.25, 0.3) is 10.0 Å². The van der Waals surface area contributed by atoms with Crippen molar-refractivity contribution >= 4 is 21.6 Å². The van der Waals surface area contributed by atoms with Crippen LogP contribution in [0.4, 0.5) is 5.69 Å². The van der Waals surface area contributed by atoms with E-state index in [-0.39, 0.29) is 33.5 Å². The van der Waals surface area contributed by atoms with Gasteiger partial charge in [0.15, 0.2) is 11.5 Å². The number of hydrogen-bond donors (Lipinski definition) is 1. The Morgan fingerprint density at radius 2 is 1.43 bits per heavy atom. The summed E-state index contributed by atoms with van der Waals surface area (Å²) in [4.78, 5) is 13.3. The Bertz CT molecular complexity index is 1430. The van der Waals surface area contributed by atoms with Crippen LogP contribution in [0.2, 0.25) is 0 Å². The third kappa shape index (κ3) is 6.80. The van der Waals surface area contributed by atoms with Crippen molar-refractivity contribution in [3.05, 3.63) is 71.8 Å². The molecule has 0 spiro atoms. The summed E-state index contributed by atoms with van der Waals surface area (Å²) in [5, 5.41) is 2.92. The van der Waals surface area contributed by atoms with Crippen LogP contribution in [0, 0.1) is 0 Å². The number of carbonyl (C=O) groups excluding carboxylic acids is 1. The number of methoxy groups -OCH3 is 4. The SMILES string of the molecule is COc1ccc(OC)c(N(CC(=O)N[C@H](C)c2ccc(C(C)(C)C)cc2)S(=O)(=O)c2ccc(OC)c(OC)c2)c1. The highest BCUT2D eigenvalue weighted by Crippen LogP contribution is 2.37. The molecule has 1 N–H and O–H groups in total. The molecular weight excluding hydrogens is 532 g/mol. The van der Waals surface area contributed by atoms with E-state index >= 15 is 0 Å². The molecule has 0 aromatic heterocycles. The van der Waals surface area contributed by atoms with Crippen molar-refractivity contribution < 1.29 is 32.2 Å². The molecule has 3 aromatic rings. The van der Waals surface area contributed by atoms with Crippen molar-refractivity contribution in [3.63, 3.8) is 0 Å². The largest absolute Gasteiger partial charge is 0.497 e. The molecule has 40 heavy (non-hydrogen) atoms. The van der Waals surface area contributed by atoms with Crippen molar-refractivity contribution in [1.29, 1.82) is 0 Å². The maximum absolute atomic E-state index is 14.0. The van der Waals surface area contributed by atoms with Crippen LogP contribution in [0.15, 0.2) is 65.6 Å². The molecule has 216 valence electrons. The molecule has 1 amide bonds. The summed E-state index contributed by atoms with van der Waals surface area (Å²) >= 11 is 0. The Morgan fingerprint density at radius 1 is 0.825 bits per heavy atom. The van der Waals surface area contributed by atoms with Gasteiger partial charge in [-0.3, -0.25) is 9.10 Å². The molecule has 0 radical (unpaired) electrons. The first-order valence-electron chi connectivity index (χ1n) is 12.7. The monoisotopic (exact) mass is 570 g/mol. The lowest BCUT2D eigenvalue weighted by Crippen LogP contribution is -2.41. The molecule has 0 aliphatic carbocycles. The standard InChI is InChI=1S/C30H38N2O7S/c1-20(21-9-11-22(12-10-21)30(2,3)4)31-29(33)19-32(25-17-23(36-5)13-15-26(25)37-6)40(34,35)24-14-16-27(38-7)28(18-24)39-8/h9-18,20H,19H2,1-8H3,(H,31,33)/t20-/m1/s1. The van der Waals surface area contributed by atoms with Gasteiger partial charge in [-0.2, -0.15) is 0 Å². The fourth-order valence-corrected chi connectivity index (χ4v) is 5.61. The lowest BCUT2D eigenvalue weighted by molar-refractivity contribution is -0.120. The number of carbonyl (C=O) groups is 1. The smallest absolute Gasteiger partial charge is 0.265 e. The normalized spacial score (nSPS) is 12.3. The van der Waals surface area contributed by atoms with Gasteiger partial charge in [0.1, 0.15) is 18.0 Å². The molecule has 0 aliphatic rings. The van der Waals surface area contributed by atoms with Crippen molar-refractivity contribution in [3.8, 4) is 23.0 Å². The third-order valence-corrected chi connectivity index (χ3v) is 8.29. The summed E-state index contributed by atoms with van der Waals surface area (Å²) in [5.74, 6) is 0.759. The van der Waals surface area contributed by atoms with E-state index in [2.05, 4.69) is 26.1 Å². The minimum Gasteiger partial charge on any atom is -0.497 e. The average molecular weight is 571 g/mol. The van der Waals surface area contributed by atoms with Gasteiger partial charge in [-0.1, -0.05) is 45.0 Å². The van der Waals surface area contributed by atoms with Crippen LogP contribution in [0.1, 0.15) is 44.9 Å². The van der Waals surface area contributed by atoms with E-state index in [1.807, 2.05) is 31.2 Å². The molecule has 1 atom stereocenters. The number of nitrogens with zero attached hydrogens (tertiary/aromatic N) is 1. The Labute approximate surface area is 237 Å². The van der Waals surface area contributed by atoms with Crippen LogP contribution in [0.25, 0.3) is 0 Å². The van der Waals surface area contributed by atoms with Gasteiger partial charge in [-0.25, -0.2) is 8.42 Å². The summed E-state index contributed by atoms with van der Waals surface area (Å²) in [6.45, 7) is 7.74. The first-order chi connectivity index (χ1) is 18.8. The van der Waals surface area contributed by atoms with Gasteiger partial charge >= 0.3 is 0 Å². The van der Waals surface area contributed by atoms with Crippen LogP contribution >= 0.6 is 0 Å². The van der Waals surface area contributed by atoms with E-state index in [1.54, 1.807) is 12.1 Å². The zero-order valence-electron chi connectivity index (χ0n) is 24.3. The van der Waals surface area contributed by atoms with Gasteiger partial charge in [0, 0.05) is 12.1 Å². The topological polar surface area (TPSA) is 103 Å². The van der Waals surface area contributed by atoms with Crippen LogP contribution in [-0.2, 0) is 20.2 Å².